The first-order valence-electron chi connectivity index (χ1n) is 11.7. The Labute approximate surface area is 196 Å². The van der Waals surface area contributed by atoms with Crippen LogP contribution in [0.5, 0.6) is 0 Å². The number of anilines is 1. The molecule has 4 heterocycles. The summed E-state index contributed by atoms with van der Waals surface area (Å²) in [5.41, 5.74) is 13.8. The Morgan fingerprint density at radius 3 is 2.71 bits per heavy atom. The van der Waals surface area contributed by atoms with Crippen molar-refractivity contribution in [2.75, 3.05) is 38.1 Å². The van der Waals surface area contributed by atoms with Crippen molar-refractivity contribution in [3.05, 3.63) is 23.5 Å². The summed E-state index contributed by atoms with van der Waals surface area (Å²) in [6, 6.07) is -0.721. The van der Waals surface area contributed by atoms with Gasteiger partial charge in [0.05, 0.1) is 17.7 Å². The molecule has 2 aliphatic rings. The number of carbonyl (C=O) groups is 1. The topological polar surface area (TPSA) is 118 Å². The molecule has 34 heavy (non-hydrogen) atoms. The van der Waals surface area contributed by atoms with Gasteiger partial charge in [-0.3, -0.25) is 4.79 Å². The molecule has 2 fully saturated rings. The third-order valence-corrected chi connectivity index (χ3v) is 6.83. The van der Waals surface area contributed by atoms with Crippen molar-refractivity contribution in [3.63, 3.8) is 0 Å². The molecule has 188 valence electrons. The summed E-state index contributed by atoms with van der Waals surface area (Å²) in [5, 5.41) is 7.35. The van der Waals surface area contributed by atoms with E-state index in [9.17, 15) is 18.0 Å². The average Bonchev–Trinajstić information content (AvgIpc) is 3.41. The van der Waals surface area contributed by atoms with E-state index in [-0.39, 0.29) is 12.6 Å². The van der Waals surface area contributed by atoms with Crippen LogP contribution in [-0.4, -0.2) is 76.9 Å². The van der Waals surface area contributed by atoms with Crippen LogP contribution in [0.25, 0.3) is 5.65 Å². The Kier molecular flexibility index (Phi) is 7.02. The van der Waals surface area contributed by atoms with Crippen molar-refractivity contribution in [1.82, 2.24) is 24.8 Å². The van der Waals surface area contributed by atoms with Crippen molar-refractivity contribution in [2.45, 2.75) is 56.9 Å². The summed E-state index contributed by atoms with van der Waals surface area (Å²) in [7, 11) is 1.51. The number of carbonyl (C=O) groups excluding carboxylic acids is 1. The van der Waals surface area contributed by atoms with Crippen LogP contribution in [0.4, 0.5) is 19.0 Å². The summed E-state index contributed by atoms with van der Waals surface area (Å²) in [6.45, 7) is 3.75. The number of fused-ring (bicyclic) bond motifs is 1. The van der Waals surface area contributed by atoms with E-state index in [0.29, 0.717) is 24.3 Å². The lowest BCUT2D eigenvalue weighted by Crippen LogP contribution is -2.55. The number of nitrogens with one attached hydrogen (secondary N) is 1. The first-order chi connectivity index (χ1) is 16.1. The van der Waals surface area contributed by atoms with Crippen molar-refractivity contribution in [1.29, 1.82) is 0 Å². The minimum Gasteiger partial charge on any atom is -0.355 e. The molecule has 0 saturated carbocycles. The van der Waals surface area contributed by atoms with Gasteiger partial charge >= 0.3 is 6.18 Å². The van der Waals surface area contributed by atoms with E-state index >= 15 is 0 Å². The minimum absolute atomic E-state index is 0.119. The summed E-state index contributed by atoms with van der Waals surface area (Å²) in [4.78, 5) is 21.8. The highest BCUT2D eigenvalue weighted by Crippen LogP contribution is 2.34. The Balaban J connectivity index is 1.63. The predicted molar refractivity (Wildman–Crippen MR) is 122 cm³/mol. The van der Waals surface area contributed by atoms with Gasteiger partial charge in [0.1, 0.15) is 11.9 Å². The maximum absolute atomic E-state index is 13.4. The number of hydrogen-bond donors (Lipinski definition) is 3. The molecular formula is C22H33F3N8O. The smallest absolute Gasteiger partial charge is 0.355 e. The van der Waals surface area contributed by atoms with Crippen LogP contribution < -0.4 is 21.7 Å². The molecule has 1 amide bonds. The Morgan fingerprint density at radius 1 is 1.29 bits per heavy atom. The van der Waals surface area contributed by atoms with Gasteiger partial charge in [-0.1, -0.05) is 0 Å². The predicted octanol–water partition coefficient (Wildman–Crippen LogP) is 1.35. The van der Waals surface area contributed by atoms with Crippen molar-refractivity contribution in [3.8, 4) is 0 Å². The van der Waals surface area contributed by atoms with Crippen LogP contribution in [0.3, 0.4) is 0 Å². The lowest BCUT2D eigenvalue weighted by atomic mass is 9.93. The maximum Gasteiger partial charge on any atom is 0.404 e. The van der Waals surface area contributed by atoms with E-state index < -0.39 is 30.1 Å². The summed E-state index contributed by atoms with van der Waals surface area (Å²) < 4.78 is 41.8. The number of aryl methyl sites for hydroxylation is 1. The number of alkyl halides is 3. The Hall–Kier alpha value is -2.44. The zero-order chi connectivity index (χ0) is 24.6. The van der Waals surface area contributed by atoms with E-state index in [2.05, 4.69) is 15.3 Å². The second-order valence-electron chi connectivity index (χ2n) is 9.39. The van der Waals surface area contributed by atoms with Crippen LogP contribution in [0.1, 0.15) is 43.0 Å². The number of aromatic nitrogens is 3. The van der Waals surface area contributed by atoms with Gasteiger partial charge in [-0.05, 0) is 39.7 Å². The Morgan fingerprint density at radius 2 is 2.06 bits per heavy atom. The molecule has 2 aliphatic heterocycles. The van der Waals surface area contributed by atoms with Crippen LogP contribution in [0, 0.1) is 12.8 Å². The molecule has 4 rings (SSSR count). The van der Waals surface area contributed by atoms with E-state index in [1.165, 1.54) is 11.9 Å². The van der Waals surface area contributed by atoms with Gasteiger partial charge in [-0.2, -0.15) is 18.3 Å². The molecule has 0 aliphatic carbocycles. The highest BCUT2D eigenvalue weighted by molar-refractivity contribution is 5.80. The van der Waals surface area contributed by atoms with Gasteiger partial charge < -0.3 is 26.6 Å². The van der Waals surface area contributed by atoms with Crippen LogP contribution >= 0.6 is 0 Å². The molecule has 5 N–H and O–H groups in total. The second-order valence-corrected chi connectivity index (χ2v) is 9.39. The second kappa shape index (κ2) is 9.67. The van der Waals surface area contributed by atoms with Crippen LogP contribution in [0.2, 0.25) is 0 Å². The highest BCUT2D eigenvalue weighted by atomic mass is 19.4. The molecule has 2 aromatic heterocycles. The van der Waals surface area contributed by atoms with Gasteiger partial charge in [0.2, 0.25) is 5.91 Å². The lowest BCUT2D eigenvalue weighted by molar-refractivity contribution is -0.171. The van der Waals surface area contributed by atoms with Gasteiger partial charge in [-0.25, -0.2) is 9.50 Å². The van der Waals surface area contributed by atoms with Crippen molar-refractivity contribution in [2.24, 2.45) is 17.4 Å². The SMILES string of the molecule is CNCC(C(=O)N1CCCC[C@H]1c1cc2nc(N3CC[C@H](N)C3)c(C)cn2n1)C(N)C(F)(F)F. The number of halogens is 3. The van der Waals surface area contributed by atoms with Crippen LogP contribution in [0.15, 0.2) is 12.3 Å². The number of rotatable bonds is 6. The molecule has 0 bridgehead atoms. The average molecular weight is 483 g/mol. The number of nitrogens with zero attached hydrogens (tertiary/aromatic N) is 5. The van der Waals surface area contributed by atoms with E-state index in [1.54, 1.807) is 4.52 Å². The first-order valence-corrected chi connectivity index (χ1v) is 11.7. The van der Waals surface area contributed by atoms with E-state index in [0.717, 1.165) is 43.7 Å². The number of amides is 1. The third kappa shape index (κ3) is 4.84. The fraction of sp³-hybridized carbons (Fsp3) is 0.682. The van der Waals surface area contributed by atoms with Crippen molar-refractivity contribution < 1.29 is 18.0 Å². The number of likely N-dealkylation sites (tertiary alicyclic amines) is 1. The third-order valence-electron chi connectivity index (χ3n) is 6.83. The largest absolute Gasteiger partial charge is 0.404 e. The normalized spacial score (nSPS) is 23.5. The Bertz CT molecular complexity index is 1030. The standard InChI is InChI=1S/C22H33F3N8O/c1-13-11-33-18(29-20(13)31-8-6-14(26)12-31)9-16(30-33)17-5-3-4-7-32(17)21(34)15(10-28-2)19(27)22(23,24)25/h9,11,14-15,17,19,28H,3-8,10,12,26-27H2,1-2H3/t14-,15?,17-,19?/m0/s1. The zero-order valence-corrected chi connectivity index (χ0v) is 19.6. The van der Waals surface area contributed by atoms with Gasteiger partial charge in [0, 0.05) is 50.0 Å². The molecule has 0 aromatic carbocycles. The van der Waals surface area contributed by atoms with Gasteiger partial charge in [0.25, 0.3) is 0 Å². The fourth-order valence-corrected chi connectivity index (χ4v) is 5.01. The summed E-state index contributed by atoms with van der Waals surface area (Å²) >= 11 is 0. The van der Waals surface area contributed by atoms with Crippen molar-refractivity contribution >= 4 is 17.4 Å². The molecule has 2 saturated heterocycles. The highest BCUT2D eigenvalue weighted by Gasteiger charge is 2.47. The molecule has 12 heteroatoms. The van der Waals surface area contributed by atoms with E-state index in [4.69, 9.17) is 16.5 Å². The molecule has 2 aromatic rings. The lowest BCUT2D eigenvalue weighted by Gasteiger charge is -2.38. The van der Waals surface area contributed by atoms with E-state index in [1.807, 2.05) is 19.2 Å². The quantitative estimate of drug-likeness (QED) is 0.569. The molecule has 0 radical (unpaired) electrons. The first kappa shape index (κ1) is 24.7. The zero-order valence-electron chi connectivity index (χ0n) is 19.6. The van der Waals surface area contributed by atoms with Gasteiger partial charge in [0.15, 0.2) is 5.65 Å². The van der Waals surface area contributed by atoms with Crippen LogP contribution in [-0.2, 0) is 4.79 Å². The summed E-state index contributed by atoms with van der Waals surface area (Å²) in [6.07, 6.45) is 0.332. The summed E-state index contributed by atoms with van der Waals surface area (Å²) in [5.74, 6) is -1.15. The molecular weight excluding hydrogens is 449 g/mol. The maximum atomic E-state index is 13.4. The molecule has 2 unspecified atom stereocenters. The fourth-order valence-electron chi connectivity index (χ4n) is 5.01. The minimum atomic E-state index is -4.67. The molecule has 9 nitrogen and oxygen atoms in total. The molecule has 4 atom stereocenters. The number of hydrogen-bond acceptors (Lipinski definition) is 7. The number of piperidine rings is 1. The number of nitrogens with two attached hydrogens (primary N) is 2. The van der Waals surface area contributed by atoms with Gasteiger partial charge in [-0.15, -0.1) is 0 Å². The molecule has 0 spiro atoms. The monoisotopic (exact) mass is 482 g/mol.